The van der Waals surface area contributed by atoms with Crippen LogP contribution in [0.25, 0.3) is 0 Å². The topological polar surface area (TPSA) is 49.0 Å². The van der Waals surface area contributed by atoms with Crippen molar-refractivity contribution in [2.75, 3.05) is 7.05 Å². The minimum absolute atomic E-state index is 0.0968. The molecule has 1 N–H and O–H groups in total. The fraction of sp³-hybridized carbons (Fsp3) is 0.231. The summed E-state index contributed by atoms with van der Waals surface area (Å²) in [6, 6.07) is 3.20. The average molecular weight is 265 g/mol. The molecule has 2 aromatic rings. The molecule has 100 valence electrons. The summed E-state index contributed by atoms with van der Waals surface area (Å²) in [7, 11) is 1.62. The molecule has 6 heteroatoms. The zero-order valence-electron chi connectivity index (χ0n) is 10.4. The van der Waals surface area contributed by atoms with E-state index < -0.39 is 11.6 Å². The predicted molar refractivity (Wildman–Crippen MR) is 65.1 cm³/mol. The summed E-state index contributed by atoms with van der Waals surface area (Å²) in [5.74, 6) is -1.60. The van der Waals surface area contributed by atoms with Gasteiger partial charge in [-0.05, 0) is 11.6 Å². The monoisotopic (exact) mass is 265 g/mol. The molecule has 2 rings (SSSR count). The molecule has 0 saturated carbocycles. The summed E-state index contributed by atoms with van der Waals surface area (Å²) in [6.07, 6.45) is 3.20. The van der Waals surface area contributed by atoms with Crippen LogP contribution in [0.4, 0.5) is 8.78 Å². The lowest BCUT2D eigenvalue weighted by atomic mass is 10.1. The molecule has 0 spiro atoms. The highest BCUT2D eigenvalue weighted by Crippen LogP contribution is 2.11. The van der Waals surface area contributed by atoms with E-state index in [2.05, 4.69) is 10.2 Å². The van der Waals surface area contributed by atoms with Gasteiger partial charge in [-0.15, -0.1) is 0 Å². The van der Waals surface area contributed by atoms with Crippen LogP contribution in [0.15, 0.2) is 30.6 Å². The van der Waals surface area contributed by atoms with Gasteiger partial charge in [-0.3, -0.25) is 9.89 Å². The maximum Gasteiger partial charge on any atom is 0.227 e. The Labute approximate surface area is 109 Å². The van der Waals surface area contributed by atoms with Crippen LogP contribution in [0.2, 0.25) is 0 Å². The number of rotatable bonds is 4. The van der Waals surface area contributed by atoms with Crippen LogP contribution in [-0.2, 0) is 17.8 Å². The van der Waals surface area contributed by atoms with Crippen molar-refractivity contribution >= 4 is 5.91 Å². The minimum atomic E-state index is -0.704. The molecule has 0 saturated heterocycles. The third-order valence-electron chi connectivity index (χ3n) is 2.76. The Morgan fingerprint density at radius 3 is 2.84 bits per heavy atom. The molecule has 0 fully saturated rings. The van der Waals surface area contributed by atoms with E-state index in [-0.39, 0.29) is 17.9 Å². The molecule has 0 bridgehead atoms. The number of amides is 1. The number of hydrogen-bond acceptors (Lipinski definition) is 2. The second-order valence-corrected chi connectivity index (χ2v) is 4.27. The first-order chi connectivity index (χ1) is 9.06. The van der Waals surface area contributed by atoms with Crippen LogP contribution < -0.4 is 0 Å². The first kappa shape index (κ1) is 13.2. The van der Waals surface area contributed by atoms with E-state index in [0.29, 0.717) is 6.54 Å². The maximum absolute atomic E-state index is 13.4. The largest absolute Gasteiger partial charge is 0.341 e. The van der Waals surface area contributed by atoms with Crippen molar-refractivity contribution in [3.63, 3.8) is 0 Å². The van der Waals surface area contributed by atoms with Crippen LogP contribution in [0.3, 0.4) is 0 Å². The zero-order chi connectivity index (χ0) is 13.8. The van der Waals surface area contributed by atoms with Crippen LogP contribution in [0.1, 0.15) is 11.1 Å². The van der Waals surface area contributed by atoms with Gasteiger partial charge in [0, 0.05) is 31.4 Å². The van der Waals surface area contributed by atoms with Crippen LogP contribution >= 0.6 is 0 Å². The molecule has 1 heterocycles. The van der Waals surface area contributed by atoms with Gasteiger partial charge in [-0.2, -0.15) is 5.10 Å². The molecule has 1 aromatic carbocycles. The molecular formula is C13H13F2N3O. The molecule has 0 aliphatic carbocycles. The summed E-state index contributed by atoms with van der Waals surface area (Å²) in [6.45, 7) is 0.387. The highest BCUT2D eigenvalue weighted by Gasteiger charge is 2.13. The molecule has 0 radical (unpaired) electrons. The Hall–Kier alpha value is -2.24. The quantitative estimate of drug-likeness (QED) is 0.917. The molecule has 1 aromatic heterocycles. The lowest BCUT2D eigenvalue weighted by Crippen LogP contribution is -2.27. The van der Waals surface area contributed by atoms with Crippen molar-refractivity contribution in [3.05, 3.63) is 53.4 Å². The Bertz CT molecular complexity index is 569. The van der Waals surface area contributed by atoms with Crippen molar-refractivity contribution in [2.24, 2.45) is 0 Å². The number of H-pyrrole nitrogens is 1. The Morgan fingerprint density at radius 2 is 2.21 bits per heavy atom. The van der Waals surface area contributed by atoms with Crippen molar-refractivity contribution in [1.29, 1.82) is 0 Å². The van der Waals surface area contributed by atoms with Crippen LogP contribution in [-0.4, -0.2) is 28.1 Å². The van der Waals surface area contributed by atoms with Gasteiger partial charge in [-0.25, -0.2) is 8.78 Å². The average Bonchev–Trinajstić information content (AvgIpc) is 2.85. The number of nitrogens with one attached hydrogen (secondary N) is 1. The van der Waals surface area contributed by atoms with Crippen molar-refractivity contribution in [2.45, 2.75) is 13.0 Å². The number of aromatic nitrogens is 2. The summed E-state index contributed by atoms with van der Waals surface area (Å²) < 4.78 is 26.2. The van der Waals surface area contributed by atoms with E-state index in [4.69, 9.17) is 0 Å². The number of nitrogens with zero attached hydrogens (tertiary/aromatic N) is 2. The number of benzene rings is 1. The summed E-state index contributed by atoms with van der Waals surface area (Å²) in [4.78, 5) is 13.4. The van der Waals surface area contributed by atoms with Crippen molar-refractivity contribution < 1.29 is 13.6 Å². The van der Waals surface area contributed by atoms with Gasteiger partial charge in [0.25, 0.3) is 0 Å². The Kier molecular flexibility index (Phi) is 3.89. The molecular weight excluding hydrogens is 252 g/mol. The van der Waals surface area contributed by atoms with E-state index in [9.17, 15) is 13.6 Å². The first-order valence-corrected chi connectivity index (χ1v) is 5.72. The Morgan fingerprint density at radius 1 is 1.42 bits per heavy atom. The number of carbonyl (C=O) groups excluding carboxylic acids is 1. The fourth-order valence-electron chi connectivity index (χ4n) is 1.69. The highest BCUT2D eigenvalue weighted by molar-refractivity contribution is 5.78. The molecule has 0 aliphatic heterocycles. The molecule has 0 atom stereocenters. The highest BCUT2D eigenvalue weighted by atomic mass is 19.1. The van der Waals surface area contributed by atoms with Crippen LogP contribution in [0.5, 0.6) is 0 Å². The molecule has 4 nitrogen and oxygen atoms in total. The van der Waals surface area contributed by atoms with Gasteiger partial charge < -0.3 is 4.90 Å². The van der Waals surface area contributed by atoms with Gasteiger partial charge in [0.15, 0.2) is 0 Å². The number of likely N-dealkylation sites (N-methyl/N-ethyl adjacent to an activating group) is 1. The molecule has 0 aliphatic rings. The van der Waals surface area contributed by atoms with Crippen molar-refractivity contribution in [3.8, 4) is 0 Å². The number of aromatic amines is 1. The van der Waals surface area contributed by atoms with Crippen LogP contribution in [0, 0.1) is 11.6 Å². The second kappa shape index (κ2) is 5.60. The van der Waals surface area contributed by atoms with Gasteiger partial charge in [-0.1, -0.05) is 6.07 Å². The number of halogens is 2. The van der Waals surface area contributed by atoms with Gasteiger partial charge in [0.1, 0.15) is 11.6 Å². The number of hydrogen-bond donors (Lipinski definition) is 1. The second-order valence-electron chi connectivity index (χ2n) is 4.27. The van der Waals surface area contributed by atoms with E-state index in [0.717, 1.165) is 17.7 Å². The number of carbonyl (C=O) groups is 1. The standard InChI is InChI=1S/C13H13F2N3O/c1-18(8-9-6-16-17-7-9)13(19)4-10-2-3-11(14)5-12(10)15/h2-3,5-7H,4,8H2,1H3,(H,16,17). The van der Waals surface area contributed by atoms with E-state index in [1.807, 2.05) is 0 Å². The lowest BCUT2D eigenvalue weighted by molar-refractivity contribution is -0.129. The smallest absolute Gasteiger partial charge is 0.227 e. The minimum Gasteiger partial charge on any atom is -0.341 e. The van der Waals surface area contributed by atoms with Gasteiger partial charge >= 0.3 is 0 Å². The third-order valence-corrected chi connectivity index (χ3v) is 2.76. The van der Waals surface area contributed by atoms with E-state index in [1.165, 1.54) is 11.0 Å². The lowest BCUT2D eigenvalue weighted by Gasteiger charge is -2.16. The SMILES string of the molecule is CN(Cc1cn[nH]c1)C(=O)Cc1ccc(F)cc1F. The normalized spacial score (nSPS) is 10.5. The molecule has 1 amide bonds. The molecule has 19 heavy (non-hydrogen) atoms. The van der Waals surface area contributed by atoms with E-state index in [1.54, 1.807) is 19.4 Å². The van der Waals surface area contributed by atoms with Crippen molar-refractivity contribution in [1.82, 2.24) is 15.1 Å². The van der Waals surface area contributed by atoms with Gasteiger partial charge in [0.2, 0.25) is 5.91 Å². The Balaban J connectivity index is 2.00. The summed E-state index contributed by atoms with van der Waals surface area (Å²) >= 11 is 0. The predicted octanol–water partition coefficient (Wildman–Crippen LogP) is 1.89. The zero-order valence-corrected chi connectivity index (χ0v) is 10.4. The molecule has 0 unspecified atom stereocenters. The maximum atomic E-state index is 13.4. The first-order valence-electron chi connectivity index (χ1n) is 5.72. The summed E-state index contributed by atoms with van der Waals surface area (Å²) in [5.41, 5.74) is 1.04. The van der Waals surface area contributed by atoms with E-state index >= 15 is 0 Å². The summed E-state index contributed by atoms with van der Waals surface area (Å²) in [5, 5.41) is 6.43. The third kappa shape index (κ3) is 3.37. The van der Waals surface area contributed by atoms with Gasteiger partial charge in [0.05, 0.1) is 12.6 Å². The fourth-order valence-corrected chi connectivity index (χ4v) is 1.69.